The number of aromatic nitrogens is 4. The third kappa shape index (κ3) is 6.24. The van der Waals surface area contributed by atoms with Crippen LogP contribution in [0.4, 0.5) is 10.8 Å². The topological polar surface area (TPSA) is 240 Å². The number of hydrogen-bond donors (Lipinski definition) is 5. The van der Waals surface area contributed by atoms with Crippen molar-refractivity contribution in [1.82, 2.24) is 25.2 Å². The third-order valence-electron chi connectivity index (χ3n) is 6.48. The van der Waals surface area contributed by atoms with Gasteiger partial charge in [0.25, 0.3) is 23.8 Å². The van der Waals surface area contributed by atoms with E-state index in [1.807, 2.05) is 0 Å². The molecule has 0 saturated carbocycles. The van der Waals surface area contributed by atoms with Gasteiger partial charge in [0.2, 0.25) is 0 Å². The normalized spacial score (nSPS) is 18.9. The number of carbonyl (C=O) groups is 4. The van der Waals surface area contributed by atoms with Crippen LogP contribution >= 0.6 is 34.9 Å². The Labute approximate surface area is 261 Å². The summed E-state index contributed by atoms with van der Waals surface area (Å²) in [7, 11) is 1.80. The van der Waals surface area contributed by atoms with E-state index in [1.54, 1.807) is 24.0 Å². The van der Waals surface area contributed by atoms with Gasteiger partial charge in [0.15, 0.2) is 15.9 Å². The van der Waals surface area contributed by atoms with Crippen molar-refractivity contribution in [3.8, 4) is 0 Å². The predicted molar refractivity (Wildman–Crippen MR) is 161 cm³/mol. The predicted octanol–water partition coefficient (Wildman–Crippen LogP) is 0.190. The first-order valence-electron chi connectivity index (χ1n) is 12.8. The number of anilines is 2. The SMILES string of the molecule is CC(CC(=O)O)O/N=C(\C(=O)NC1C(=O)N2C(C(=O)O)=C(CSc3c4cc(N)cnc4nc[n+]3C)CS[C@@H]12)c1csc(N)n1. The number of β-lactam (4-membered cyclic amide) rings is 1. The van der Waals surface area contributed by atoms with Crippen LogP contribution in [0.5, 0.6) is 0 Å². The lowest BCUT2D eigenvalue weighted by Crippen LogP contribution is -2.71. The zero-order valence-corrected chi connectivity index (χ0v) is 25.6. The molecule has 5 rings (SSSR count). The van der Waals surface area contributed by atoms with Gasteiger partial charge < -0.3 is 31.8 Å². The Balaban J connectivity index is 1.34. The number of rotatable bonds is 11. The van der Waals surface area contributed by atoms with Crippen LogP contribution in [-0.2, 0) is 31.1 Å². The summed E-state index contributed by atoms with van der Waals surface area (Å²) in [4.78, 5) is 68.9. The van der Waals surface area contributed by atoms with E-state index in [1.165, 1.54) is 46.9 Å². The molecule has 0 radical (unpaired) electrons. The van der Waals surface area contributed by atoms with Crippen molar-refractivity contribution in [2.75, 3.05) is 23.0 Å². The average molecular weight is 661 g/mol. The molecule has 3 atom stereocenters. The molecule has 0 bridgehead atoms. The molecule has 2 unspecified atom stereocenters. The first-order chi connectivity index (χ1) is 20.9. The van der Waals surface area contributed by atoms with Gasteiger partial charge in [-0.05, 0) is 23.5 Å². The Kier molecular flexibility index (Phi) is 8.88. The highest BCUT2D eigenvalue weighted by Gasteiger charge is 2.54. The zero-order valence-electron chi connectivity index (χ0n) is 23.2. The van der Waals surface area contributed by atoms with Crippen LogP contribution in [0.15, 0.2) is 45.4 Å². The van der Waals surface area contributed by atoms with Crippen molar-refractivity contribution in [1.29, 1.82) is 0 Å². The lowest BCUT2D eigenvalue weighted by molar-refractivity contribution is -0.709. The van der Waals surface area contributed by atoms with Crippen molar-refractivity contribution in [3.05, 3.63) is 40.9 Å². The van der Waals surface area contributed by atoms with Gasteiger partial charge in [-0.1, -0.05) is 16.9 Å². The molecule has 1 fully saturated rings. The van der Waals surface area contributed by atoms with Gasteiger partial charge in [0, 0.05) is 16.9 Å². The number of thiazole rings is 1. The number of aliphatic carboxylic acids is 2. The Hall–Kier alpha value is -4.49. The van der Waals surface area contributed by atoms with E-state index >= 15 is 0 Å². The molecule has 5 heterocycles. The molecular formula is C25H26N9O7S3+. The number of carboxylic acid groups (broad SMARTS) is 2. The maximum Gasteiger partial charge on any atom is 0.352 e. The lowest BCUT2D eigenvalue weighted by Gasteiger charge is -2.49. The summed E-state index contributed by atoms with van der Waals surface area (Å²) in [5, 5.41) is 27.9. The fourth-order valence-electron chi connectivity index (χ4n) is 4.48. The molecule has 230 valence electrons. The number of nitrogens with two attached hydrogens (primary N) is 2. The van der Waals surface area contributed by atoms with Gasteiger partial charge in [-0.3, -0.25) is 19.3 Å². The summed E-state index contributed by atoms with van der Waals surface area (Å²) < 4.78 is 1.79. The monoisotopic (exact) mass is 660 g/mol. The minimum Gasteiger partial charge on any atom is -0.481 e. The smallest absolute Gasteiger partial charge is 0.352 e. The molecule has 44 heavy (non-hydrogen) atoms. The number of aryl methyl sites for hydroxylation is 1. The van der Waals surface area contributed by atoms with Gasteiger partial charge in [-0.25, -0.2) is 19.3 Å². The first-order valence-corrected chi connectivity index (χ1v) is 15.8. The summed E-state index contributed by atoms with van der Waals surface area (Å²) in [5.74, 6) is -3.25. The van der Waals surface area contributed by atoms with Gasteiger partial charge in [-0.15, -0.1) is 23.1 Å². The molecule has 0 spiro atoms. The first kappa shape index (κ1) is 31.0. The standard InChI is InChI=1S/C25H25N9O7S3/c1-10(3-15(35)36)41-32-16(14-8-44-25(27)30-14)20(37)31-17-21(38)34-18(24(39)40)11(7-43-23(17)34)6-42-22-13-4-12(26)5-28-19(13)29-9-33(22)2/h4-5,8-10,17,23H,3,6-7,26H2,1-2H3,(H4-,27,30,31,35,36,37,39,40)/p+1/b32-16-/t10?,17?,23-/m0/s1. The second-order valence-corrected chi connectivity index (χ2v) is 12.7. The summed E-state index contributed by atoms with van der Waals surface area (Å²) >= 11 is 3.73. The van der Waals surface area contributed by atoms with Gasteiger partial charge in [0.1, 0.15) is 34.3 Å². The number of thioether (sulfide) groups is 2. The van der Waals surface area contributed by atoms with Crippen LogP contribution in [0.1, 0.15) is 19.0 Å². The number of nitrogens with zero attached hydrogens (tertiary/aromatic N) is 6. The highest BCUT2D eigenvalue weighted by atomic mass is 32.2. The molecule has 1 saturated heterocycles. The molecule has 2 amide bonds. The fraction of sp³-hybridized carbons (Fsp3) is 0.320. The van der Waals surface area contributed by atoms with Crippen LogP contribution in [0, 0.1) is 0 Å². The van der Waals surface area contributed by atoms with Crippen LogP contribution in [0.3, 0.4) is 0 Å². The number of amides is 2. The number of nitrogen functional groups attached to an aromatic ring is 2. The molecule has 2 aliphatic rings. The molecule has 3 aromatic rings. The van der Waals surface area contributed by atoms with Gasteiger partial charge >= 0.3 is 11.9 Å². The second kappa shape index (κ2) is 12.6. The highest BCUT2D eigenvalue weighted by Crippen LogP contribution is 2.41. The van der Waals surface area contributed by atoms with E-state index in [4.69, 9.17) is 21.4 Å². The lowest BCUT2D eigenvalue weighted by atomic mass is 10.0. The summed E-state index contributed by atoms with van der Waals surface area (Å²) in [6, 6.07) is 0.696. The Bertz CT molecular complexity index is 1740. The minimum atomic E-state index is -1.26. The molecular weight excluding hydrogens is 635 g/mol. The van der Waals surface area contributed by atoms with E-state index in [0.717, 1.165) is 16.4 Å². The van der Waals surface area contributed by atoms with Crippen molar-refractivity contribution >= 4 is 86.2 Å². The van der Waals surface area contributed by atoms with E-state index in [9.17, 15) is 24.3 Å². The Morgan fingerprint density at radius 1 is 1.32 bits per heavy atom. The maximum atomic E-state index is 13.3. The number of pyridine rings is 1. The van der Waals surface area contributed by atoms with Crippen molar-refractivity contribution in [3.63, 3.8) is 0 Å². The minimum absolute atomic E-state index is 0.0756. The Morgan fingerprint density at radius 2 is 2.09 bits per heavy atom. The number of carboxylic acids is 2. The maximum absolute atomic E-state index is 13.3. The summed E-state index contributed by atoms with van der Waals surface area (Å²) in [6.07, 6.45) is 1.89. The number of carbonyl (C=O) groups excluding carboxylic acids is 2. The van der Waals surface area contributed by atoms with Crippen molar-refractivity contribution in [2.24, 2.45) is 12.2 Å². The average Bonchev–Trinajstić information content (AvgIpc) is 3.40. The summed E-state index contributed by atoms with van der Waals surface area (Å²) in [6.45, 7) is 1.47. The Morgan fingerprint density at radius 3 is 2.77 bits per heavy atom. The number of fused-ring (bicyclic) bond motifs is 2. The number of nitrogens with one attached hydrogen (secondary N) is 1. The quantitative estimate of drug-likeness (QED) is 0.0461. The largest absolute Gasteiger partial charge is 0.481 e. The highest BCUT2D eigenvalue weighted by molar-refractivity contribution is 8.01. The van der Waals surface area contributed by atoms with Gasteiger partial charge in [-0.2, -0.15) is 0 Å². The van der Waals surface area contributed by atoms with E-state index in [-0.39, 0.29) is 34.4 Å². The zero-order chi connectivity index (χ0) is 31.7. The van der Waals surface area contributed by atoms with Crippen LogP contribution < -0.4 is 21.4 Å². The summed E-state index contributed by atoms with van der Waals surface area (Å²) in [5.41, 5.74) is 12.8. The van der Waals surface area contributed by atoms with Crippen molar-refractivity contribution < 1.29 is 38.8 Å². The molecule has 7 N–H and O–H groups in total. The molecule has 2 aliphatic heterocycles. The van der Waals surface area contributed by atoms with Crippen molar-refractivity contribution in [2.45, 2.75) is 35.9 Å². The molecule has 19 heteroatoms. The van der Waals surface area contributed by atoms with Crippen LogP contribution in [-0.4, -0.2) is 88.6 Å². The molecule has 0 aliphatic carbocycles. The van der Waals surface area contributed by atoms with E-state index < -0.39 is 41.3 Å². The molecule has 16 nitrogen and oxygen atoms in total. The van der Waals surface area contributed by atoms with Gasteiger partial charge in [0.05, 0.1) is 25.4 Å². The number of hydrogen-bond acceptors (Lipinski definition) is 14. The second-order valence-electron chi connectivity index (χ2n) is 9.73. The fourth-order valence-corrected chi connectivity index (χ4v) is 7.61. The third-order valence-corrected chi connectivity index (χ3v) is 9.76. The number of oxime groups is 1. The van der Waals surface area contributed by atoms with Crippen LogP contribution in [0.25, 0.3) is 11.0 Å². The molecule has 0 aromatic carbocycles. The van der Waals surface area contributed by atoms with Crippen LogP contribution in [0.2, 0.25) is 0 Å². The van der Waals surface area contributed by atoms with E-state index in [0.29, 0.717) is 28.0 Å². The van der Waals surface area contributed by atoms with E-state index in [2.05, 4.69) is 25.4 Å². The molecule has 3 aromatic heterocycles.